The van der Waals surface area contributed by atoms with E-state index in [0.717, 1.165) is 12.8 Å². The molecular formula is C15H21FN2O3. The monoisotopic (exact) mass is 296 g/mol. The fourth-order valence-electron chi connectivity index (χ4n) is 2.16. The summed E-state index contributed by atoms with van der Waals surface area (Å²) in [5.74, 6) is -1.01. The van der Waals surface area contributed by atoms with Gasteiger partial charge in [0.2, 0.25) is 0 Å². The Bertz CT molecular complexity index is 522. The van der Waals surface area contributed by atoms with Gasteiger partial charge in [-0.2, -0.15) is 0 Å². The summed E-state index contributed by atoms with van der Waals surface area (Å²) in [7, 11) is 0. The number of carbonyl (C=O) groups excluding carboxylic acids is 1. The zero-order valence-corrected chi connectivity index (χ0v) is 12.4. The van der Waals surface area contributed by atoms with E-state index in [1.807, 2.05) is 20.8 Å². The topological polar surface area (TPSA) is 70.6 Å². The molecule has 0 saturated heterocycles. The van der Waals surface area contributed by atoms with E-state index in [1.54, 1.807) is 6.07 Å². The van der Waals surface area contributed by atoms with Crippen molar-refractivity contribution in [3.63, 3.8) is 0 Å². The minimum atomic E-state index is -0.650. The van der Waals surface area contributed by atoms with Gasteiger partial charge >= 0.3 is 6.09 Å². The van der Waals surface area contributed by atoms with E-state index < -0.39 is 17.5 Å². The first-order chi connectivity index (χ1) is 9.73. The molecule has 1 aromatic rings. The van der Waals surface area contributed by atoms with Crippen molar-refractivity contribution in [1.82, 2.24) is 5.32 Å². The van der Waals surface area contributed by atoms with E-state index in [1.165, 1.54) is 12.1 Å². The Labute approximate surface area is 123 Å². The van der Waals surface area contributed by atoms with Crippen molar-refractivity contribution in [1.29, 1.82) is 0 Å². The molecule has 2 rings (SSSR count). The molecule has 5 nitrogen and oxygen atoms in total. The fraction of sp³-hybridized carbons (Fsp3) is 0.533. The Morgan fingerprint density at radius 2 is 2.00 bits per heavy atom. The predicted octanol–water partition coefficient (Wildman–Crippen LogP) is 3.00. The van der Waals surface area contributed by atoms with Gasteiger partial charge < -0.3 is 20.5 Å². The summed E-state index contributed by atoms with van der Waals surface area (Å²) in [6.45, 7) is 5.45. The molecule has 6 heteroatoms. The summed E-state index contributed by atoms with van der Waals surface area (Å²) in [4.78, 5) is 11.6. The summed E-state index contributed by atoms with van der Waals surface area (Å²) in [5.41, 5.74) is 0.112. The smallest absolute Gasteiger partial charge is 0.407 e. The number of nitrogens with one attached hydrogen (secondary N) is 2. The van der Waals surface area contributed by atoms with Gasteiger partial charge in [0.25, 0.3) is 0 Å². The fourth-order valence-corrected chi connectivity index (χ4v) is 2.16. The summed E-state index contributed by atoms with van der Waals surface area (Å²) < 4.78 is 18.4. The number of aromatic hydroxyl groups is 1. The molecule has 0 atom stereocenters. The van der Waals surface area contributed by atoms with E-state index in [4.69, 9.17) is 9.84 Å². The third-order valence-corrected chi connectivity index (χ3v) is 3.18. The SMILES string of the molecule is CC(C)(C)OC(=O)NC1CC(Nc2ccc(O)c(F)c2)C1. The van der Waals surface area contributed by atoms with Crippen LogP contribution in [0.3, 0.4) is 0 Å². The maximum Gasteiger partial charge on any atom is 0.407 e. The molecule has 0 aromatic heterocycles. The highest BCUT2D eigenvalue weighted by Crippen LogP contribution is 2.26. The van der Waals surface area contributed by atoms with E-state index in [0.29, 0.717) is 5.69 Å². The van der Waals surface area contributed by atoms with Gasteiger partial charge in [0.05, 0.1) is 0 Å². The highest BCUT2D eigenvalue weighted by atomic mass is 19.1. The van der Waals surface area contributed by atoms with Gasteiger partial charge in [-0.3, -0.25) is 0 Å². The van der Waals surface area contributed by atoms with Crippen molar-refractivity contribution in [3.8, 4) is 5.75 Å². The van der Waals surface area contributed by atoms with Crippen molar-refractivity contribution in [2.45, 2.75) is 51.3 Å². The molecule has 1 saturated carbocycles. The van der Waals surface area contributed by atoms with Gasteiger partial charge in [0.15, 0.2) is 11.6 Å². The van der Waals surface area contributed by atoms with Crippen LogP contribution in [0.25, 0.3) is 0 Å². The lowest BCUT2D eigenvalue weighted by Gasteiger charge is -2.37. The molecule has 3 N–H and O–H groups in total. The third-order valence-electron chi connectivity index (χ3n) is 3.18. The van der Waals surface area contributed by atoms with Crippen LogP contribution in [0.5, 0.6) is 5.75 Å². The predicted molar refractivity (Wildman–Crippen MR) is 77.9 cm³/mol. The van der Waals surface area contributed by atoms with Gasteiger partial charge in [-0.05, 0) is 45.7 Å². The van der Waals surface area contributed by atoms with Crippen LogP contribution < -0.4 is 10.6 Å². The molecule has 1 aliphatic carbocycles. The molecule has 1 aromatic carbocycles. The number of hydrogen-bond donors (Lipinski definition) is 3. The van der Waals surface area contributed by atoms with Crippen LogP contribution in [0, 0.1) is 5.82 Å². The first kappa shape index (κ1) is 15.4. The Morgan fingerprint density at radius 1 is 1.33 bits per heavy atom. The maximum atomic E-state index is 13.2. The van der Waals surface area contributed by atoms with Gasteiger partial charge in [0.1, 0.15) is 5.60 Å². The standard InChI is InChI=1S/C15H21FN2O3/c1-15(2,3)21-14(20)18-11-6-10(7-11)17-9-4-5-13(19)12(16)8-9/h4-5,8,10-11,17,19H,6-7H2,1-3H3,(H,18,20). The minimum absolute atomic E-state index is 0.0688. The molecule has 0 heterocycles. The number of halogens is 1. The number of benzene rings is 1. The lowest BCUT2D eigenvalue weighted by atomic mass is 9.86. The molecule has 0 unspecified atom stereocenters. The number of rotatable bonds is 3. The molecule has 0 bridgehead atoms. The number of phenols is 1. The molecule has 1 amide bonds. The molecule has 1 fully saturated rings. The number of carbonyl (C=O) groups is 1. The van der Waals surface area contributed by atoms with Gasteiger partial charge in [-0.25, -0.2) is 9.18 Å². The molecule has 0 spiro atoms. The van der Waals surface area contributed by atoms with Crippen molar-refractivity contribution < 1.29 is 19.0 Å². The average molecular weight is 296 g/mol. The van der Waals surface area contributed by atoms with Crippen LogP contribution in [-0.4, -0.2) is 28.9 Å². The number of amides is 1. The van der Waals surface area contributed by atoms with Crippen molar-refractivity contribution in [3.05, 3.63) is 24.0 Å². The van der Waals surface area contributed by atoms with Crippen molar-refractivity contribution in [2.75, 3.05) is 5.32 Å². The summed E-state index contributed by atoms with van der Waals surface area (Å²) >= 11 is 0. The van der Waals surface area contributed by atoms with Crippen LogP contribution >= 0.6 is 0 Å². The minimum Gasteiger partial charge on any atom is -0.505 e. The first-order valence-electron chi connectivity index (χ1n) is 6.97. The van der Waals surface area contributed by atoms with Gasteiger partial charge in [-0.1, -0.05) is 0 Å². The summed E-state index contributed by atoms with van der Waals surface area (Å²) in [6.07, 6.45) is 1.09. The molecule has 0 radical (unpaired) electrons. The second-order valence-electron chi connectivity index (χ2n) is 6.32. The van der Waals surface area contributed by atoms with Gasteiger partial charge in [-0.15, -0.1) is 0 Å². The quantitative estimate of drug-likeness (QED) is 0.750. The van der Waals surface area contributed by atoms with E-state index in [9.17, 15) is 9.18 Å². The lowest BCUT2D eigenvalue weighted by molar-refractivity contribution is 0.0475. The molecule has 0 aliphatic heterocycles. The normalized spacial score (nSPS) is 21.3. The highest BCUT2D eigenvalue weighted by molar-refractivity contribution is 5.68. The van der Waals surface area contributed by atoms with Crippen LogP contribution in [0.15, 0.2) is 18.2 Å². The third kappa shape index (κ3) is 4.51. The summed E-state index contributed by atoms with van der Waals surface area (Å²) in [5, 5.41) is 15.1. The molecular weight excluding hydrogens is 275 g/mol. The highest BCUT2D eigenvalue weighted by Gasteiger charge is 2.31. The van der Waals surface area contributed by atoms with Crippen molar-refractivity contribution >= 4 is 11.8 Å². The maximum absolute atomic E-state index is 13.2. The first-order valence-corrected chi connectivity index (χ1v) is 6.97. The van der Waals surface area contributed by atoms with Crippen molar-refractivity contribution in [2.24, 2.45) is 0 Å². The molecule has 1 aliphatic rings. The Balaban J connectivity index is 1.74. The number of hydrogen-bond acceptors (Lipinski definition) is 4. The number of anilines is 1. The lowest BCUT2D eigenvalue weighted by Crippen LogP contribution is -2.50. The second kappa shape index (κ2) is 5.79. The number of alkyl carbamates (subject to hydrolysis) is 1. The van der Waals surface area contributed by atoms with Gasteiger partial charge in [0, 0.05) is 23.8 Å². The van der Waals surface area contributed by atoms with Crippen LogP contribution in [0.1, 0.15) is 33.6 Å². The molecule has 116 valence electrons. The van der Waals surface area contributed by atoms with Crippen LogP contribution in [-0.2, 0) is 4.74 Å². The Kier molecular flexibility index (Phi) is 4.25. The second-order valence-corrected chi connectivity index (χ2v) is 6.32. The molecule has 21 heavy (non-hydrogen) atoms. The average Bonchev–Trinajstić information content (AvgIpc) is 2.28. The van der Waals surface area contributed by atoms with Crippen LogP contribution in [0.4, 0.5) is 14.9 Å². The van der Waals surface area contributed by atoms with Crippen LogP contribution in [0.2, 0.25) is 0 Å². The number of phenolic OH excluding ortho intramolecular Hbond substituents is 1. The summed E-state index contributed by atoms with van der Waals surface area (Å²) in [6, 6.07) is 4.43. The van der Waals surface area contributed by atoms with E-state index in [2.05, 4.69) is 10.6 Å². The zero-order chi connectivity index (χ0) is 15.6. The zero-order valence-electron chi connectivity index (χ0n) is 12.4. The number of ether oxygens (including phenoxy) is 1. The Hall–Kier alpha value is -1.98. The largest absolute Gasteiger partial charge is 0.505 e. The van der Waals surface area contributed by atoms with E-state index >= 15 is 0 Å². The Morgan fingerprint density at radius 3 is 2.57 bits per heavy atom. The van der Waals surface area contributed by atoms with E-state index in [-0.39, 0.29) is 17.8 Å².